The van der Waals surface area contributed by atoms with Crippen LogP contribution in [0.2, 0.25) is 0 Å². The molecular weight excluding hydrogens is 362 g/mol. The van der Waals surface area contributed by atoms with E-state index in [4.69, 9.17) is 0 Å². The Morgan fingerprint density at radius 1 is 1.00 bits per heavy atom. The summed E-state index contributed by atoms with van der Waals surface area (Å²) in [7, 11) is 0. The molecule has 3 aromatic rings. The van der Waals surface area contributed by atoms with Crippen LogP contribution in [0.15, 0.2) is 48.5 Å². The van der Waals surface area contributed by atoms with Gasteiger partial charge in [-0.15, -0.1) is 0 Å². The number of aryl methyl sites for hydroxylation is 1. The summed E-state index contributed by atoms with van der Waals surface area (Å²) in [4.78, 5) is 21.0. The van der Waals surface area contributed by atoms with Crippen LogP contribution in [0.3, 0.4) is 0 Å². The molecule has 1 heterocycles. The number of nitrogens with zero attached hydrogens (tertiary/aromatic N) is 2. The van der Waals surface area contributed by atoms with Gasteiger partial charge in [-0.3, -0.25) is 4.79 Å². The van der Waals surface area contributed by atoms with E-state index >= 15 is 0 Å². The Morgan fingerprint density at radius 3 is 2.46 bits per heavy atom. The summed E-state index contributed by atoms with van der Waals surface area (Å²) >= 11 is 0. The topological polar surface area (TPSA) is 66.9 Å². The molecule has 1 amide bonds. The molecule has 7 heteroatoms. The molecule has 0 aliphatic heterocycles. The normalized spacial score (nSPS) is 10.8. The average Bonchev–Trinajstić information content (AvgIpc) is 2.64. The maximum absolute atomic E-state index is 13.3. The second kappa shape index (κ2) is 8.12. The van der Waals surface area contributed by atoms with Crippen LogP contribution in [-0.4, -0.2) is 15.9 Å². The molecule has 2 N–H and O–H groups in total. The average molecular weight is 382 g/mol. The van der Waals surface area contributed by atoms with Crippen molar-refractivity contribution >= 4 is 23.1 Å². The van der Waals surface area contributed by atoms with Crippen molar-refractivity contribution < 1.29 is 13.6 Å². The maximum Gasteiger partial charge on any atom is 0.274 e. The van der Waals surface area contributed by atoms with E-state index in [2.05, 4.69) is 34.4 Å². The summed E-state index contributed by atoms with van der Waals surface area (Å²) in [5, 5.41) is 5.74. The predicted octanol–water partition coefficient (Wildman–Crippen LogP) is 5.18. The monoisotopic (exact) mass is 382 g/mol. The molecular formula is C21H20F2N4O. The van der Waals surface area contributed by atoms with E-state index in [1.54, 1.807) is 6.92 Å². The number of rotatable bonds is 5. The lowest BCUT2D eigenvalue weighted by molar-refractivity contribution is 0.102. The highest BCUT2D eigenvalue weighted by molar-refractivity contribution is 6.03. The molecule has 28 heavy (non-hydrogen) atoms. The second-order valence-electron chi connectivity index (χ2n) is 6.64. The zero-order valence-electron chi connectivity index (χ0n) is 15.8. The third-order valence-electron chi connectivity index (χ3n) is 4.09. The minimum absolute atomic E-state index is 0.113. The lowest BCUT2D eigenvalue weighted by Crippen LogP contribution is -2.15. The first-order valence-corrected chi connectivity index (χ1v) is 8.81. The van der Waals surface area contributed by atoms with Gasteiger partial charge in [-0.1, -0.05) is 32.0 Å². The maximum atomic E-state index is 13.3. The molecule has 5 nitrogen and oxygen atoms in total. The van der Waals surface area contributed by atoms with Gasteiger partial charge in [-0.2, -0.15) is 0 Å². The fourth-order valence-corrected chi connectivity index (χ4v) is 2.77. The number of aromatic nitrogens is 2. The van der Waals surface area contributed by atoms with Gasteiger partial charge in [0.15, 0.2) is 11.6 Å². The fraction of sp³-hybridized carbons (Fsp3) is 0.190. The molecule has 0 saturated heterocycles. The number of para-hydroxylation sites is 1. The SMILES string of the molecule is Cc1nc(Nc2ccccc2C(C)C)cc(C(=O)Nc2ccc(F)c(F)c2)n1. The first kappa shape index (κ1) is 19.4. The van der Waals surface area contributed by atoms with E-state index in [-0.39, 0.29) is 11.4 Å². The number of hydrogen-bond donors (Lipinski definition) is 2. The molecule has 0 bridgehead atoms. The van der Waals surface area contributed by atoms with E-state index in [1.165, 1.54) is 12.1 Å². The molecule has 2 aromatic carbocycles. The zero-order valence-corrected chi connectivity index (χ0v) is 15.8. The summed E-state index contributed by atoms with van der Waals surface area (Å²) in [5.41, 5.74) is 2.26. The first-order chi connectivity index (χ1) is 13.3. The van der Waals surface area contributed by atoms with Crippen molar-refractivity contribution in [3.63, 3.8) is 0 Å². The Morgan fingerprint density at radius 2 is 1.75 bits per heavy atom. The van der Waals surface area contributed by atoms with Gasteiger partial charge in [0.05, 0.1) is 0 Å². The smallest absolute Gasteiger partial charge is 0.274 e. The number of carbonyl (C=O) groups excluding carboxylic acids is 1. The molecule has 0 spiro atoms. The molecule has 0 unspecified atom stereocenters. The quantitative estimate of drug-likeness (QED) is 0.638. The van der Waals surface area contributed by atoms with Crippen LogP contribution in [0.25, 0.3) is 0 Å². The second-order valence-corrected chi connectivity index (χ2v) is 6.64. The van der Waals surface area contributed by atoms with Crippen molar-refractivity contribution in [2.45, 2.75) is 26.7 Å². The summed E-state index contributed by atoms with van der Waals surface area (Å²) in [6.45, 7) is 5.85. The predicted molar refractivity (Wildman–Crippen MR) is 105 cm³/mol. The van der Waals surface area contributed by atoms with Crippen molar-refractivity contribution in [1.82, 2.24) is 9.97 Å². The van der Waals surface area contributed by atoms with Crippen LogP contribution in [-0.2, 0) is 0 Å². The van der Waals surface area contributed by atoms with Gasteiger partial charge in [0, 0.05) is 23.5 Å². The standard InChI is InChI=1S/C21H20F2N4O/c1-12(2)15-6-4-5-7-18(15)27-20-11-19(24-13(3)25-20)21(28)26-14-8-9-16(22)17(23)10-14/h4-12H,1-3H3,(H,26,28)(H,24,25,27). The Kier molecular flexibility index (Phi) is 5.63. The third-order valence-corrected chi connectivity index (χ3v) is 4.09. The van der Waals surface area contributed by atoms with E-state index < -0.39 is 17.5 Å². The van der Waals surface area contributed by atoms with E-state index in [0.29, 0.717) is 17.6 Å². The summed E-state index contributed by atoms with van der Waals surface area (Å²) in [5.74, 6) is -1.38. The highest BCUT2D eigenvalue weighted by Crippen LogP contribution is 2.26. The van der Waals surface area contributed by atoms with Crippen molar-refractivity contribution in [1.29, 1.82) is 0 Å². The van der Waals surface area contributed by atoms with Crippen LogP contribution in [0, 0.1) is 18.6 Å². The number of amides is 1. The van der Waals surface area contributed by atoms with Gasteiger partial charge in [0.25, 0.3) is 5.91 Å². The van der Waals surface area contributed by atoms with Crippen LogP contribution in [0.1, 0.15) is 41.6 Å². The van der Waals surface area contributed by atoms with Crippen LogP contribution in [0.4, 0.5) is 26.0 Å². The molecule has 0 aliphatic rings. The highest BCUT2D eigenvalue weighted by Gasteiger charge is 2.14. The Hall–Kier alpha value is -3.35. The van der Waals surface area contributed by atoms with Gasteiger partial charge in [-0.05, 0) is 36.6 Å². The van der Waals surface area contributed by atoms with Gasteiger partial charge < -0.3 is 10.6 Å². The Balaban J connectivity index is 1.85. The third kappa shape index (κ3) is 4.49. The zero-order chi connectivity index (χ0) is 20.3. The molecule has 0 saturated carbocycles. The molecule has 3 rings (SSSR count). The van der Waals surface area contributed by atoms with Gasteiger partial charge in [0.2, 0.25) is 0 Å². The van der Waals surface area contributed by atoms with Crippen LogP contribution in [0.5, 0.6) is 0 Å². The van der Waals surface area contributed by atoms with Crippen molar-refractivity contribution in [2.24, 2.45) is 0 Å². The van der Waals surface area contributed by atoms with E-state index in [0.717, 1.165) is 23.4 Å². The lowest BCUT2D eigenvalue weighted by atomic mass is 10.0. The minimum atomic E-state index is -1.04. The van der Waals surface area contributed by atoms with Crippen molar-refractivity contribution in [3.05, 3.63) is 77.2 Å². The van der Waals surface area contributed by atoms with Gasteiger partial charge >= 0.3 is 0 Å². The largest absolute Gasteiger partial charge is 0.340 e. The molecule has 0 atom stereocenters. The number of nitrogens with one attached hydrogen (secondary N) is 2. The van der Waals surface area contributed by atoms with E-state index in [9.17, 15) is 13.6 Å². The lowest BCUT2D eigenvalue weighted by Gasteiger charge is -2.15. The summed E-state index contributed by atoms with van der Waals surface area (Å²) in [6, 6.07) is 12.5. The van der Waals surface area contributed by atoms with Gasteiger partial charge in [0.1, 0.15) is 17.3 Å². The van der Waals surface area contributed by atoms with E-state index in [1.807, 2.05) is 24.3 Å². The van der Waals surface area contributed by atoms with Crippen molar-refractivity contribution in [3.8, 4) is 0 Å². The number of anilines is 3. The number of halogens is 2. The molecule has 0 aliphatic carbocycles. The minimum Gasteiger partial charge on any atom is -0.340 e. The van der Waals surface area contributed by atoms with Crippen LogP contribution >= 0.6 is 0 Å². The number of benzene rings is 2. The fourth-order valence-electron chi connectivity index (χ4n) is 2.77. The van der Waals surface area contributed by atoms with Crippen molar-refractivity contribution in [2.75, 3.05) is 10.6 Å². The Bertz CT molecular complexity index is 1020. The summed E-state index contributed by atoms with van der Waals surface area (Å²) < 4.78 is 26.4. The molecule has 0 radical (unpaired) electrons. The number of carbonyl (C=O) groups is 1. The molecule has 144 valence electrons. The molecule has 0 fully saturated rings. The molecule has 1 aromatic heterocycles. The highest BCUT2D eigenvalue weighted by atomic mass is 19.2. The Labute approximate surface area is 161 Å². The first-order valence-electron chi connectivity index (χ1n) is 8.81. The van der Waals surface area contributed by atoms with Crippen LogP contribution < -0.4 is 10.6 Å². The van der Waals surface area contributed by atoms with Gasteiger partial charge in [-0.25, -0.2) is 18.7 Å². The summed E-state index contributed by atoms with van der Waals surface area (Å²) in [6.07, 6.45) is 0. The number of hydrogen-bond acceptors (Lipinski definition) is 4.